The van der Waals surface area contributed by atoms with Crippen molar-refractivity contribution in [1.29, 1.82) is 0 Å². The van der Waals surface area contributed by atoms with Crippen molar-refractivity contribution in [3.8, 4) is 0 Å². The molecule has 2 atom stereocenters. The molecule has 0 saturated carbocycles. The van der Waals surface area contributed by atoms with Crippen LogP contribution in [0, 0.1) is 5.92 Å². The van der Waals surface area contributed by atoms with Crippen LogP contribution in [0.25, 0.3) is 0 Å². The molecule has 1 N–H and O–H groups in total. The van der Waals surface area contributed by atoms with E-state index in [4.69, 9.17) is 0 Å². The molecule has 2 heteroatoms. The first-order valence-corrected chi connectivity index (χ1v) is 5.36. The van der Waals surface area contributed by atoms with Gasteiger partial charge in [-0.3, -0.25) is 4.90 Å². The largest absolute Gasteiger partial charge is 0.312 e. The third kappa shape index (κ3) is 2.12. The highest BCUT2D eigenvalue weighted by Crippen LogP contribution is 2.24. The normalized spacial score (nSPS) is 34.5. The second-order valence-electron chi connectivity index (χ2n) is 4.61. The maximum Gasteiger partial charge on any atom is 0.0235 e. The molecule has 0 aromatic rings. The Kier molecular flexibility index (Phi) is 2.70. The summed E-state index contributed by atoms with van der Waals surface area (Å²) in [5.74, 6) is 0.910. The lowest BCUT2D eigenvalue weighted by Gasteiger charge is -2.24. The van der Waals surface area contributed by atoms with Gasteiger partial charge >= 0.3 is 0 Å². The summed E-state index contributed by atoms with van der Waals surface area (Å²) >= 11 is 0. The molecule has 0 aromatic carbocycles. The first kappa shape index (κ1) is 9.22. The Hall–Kier alpha value is -0.340. The van der Waals surface area contributed by atoms with Crippen molar-refractivity contribution < 1.29 is 0 Å². The van der Waals surface area contributed by atoms with E-state index >= 15 is 0 Å². The molecule has 13 heavy (non-hydrogen) atoms. The number of hydrogen-bond acceptors (Lipinski definition) is 2. The van der Waals surface area contributed by atoms with Gasteiger partial charge in [-0.05, 0) is 32.2 Å². The van der Waals surface area contributed by atoms with Crippen molar-refractivity contribution >= 4 is 0 Å². The Bertz CT molecular complexity index is 186. The number of nitrogens with zero attached hydrogens (tertiary/aromatic N) is 1. The average Bonchev–Trinajstić information content (AvgIpc) is 2.44. The second kappa shape index (κ2) is 3.81. The fourth-order valence-electron chi connectivity index (χ4n) is 2.65. The molecular formula is C11H20N2. The van der Waals surface area contributed by atoms with Gasteiger partial charge in [0.05, 0.1) is 0 Å². The summed E-state index contributed by atoms with van der Waals surface area (Å²) in [6, 6.07) is 0.771. The van der Waals surface area contributed by atoms with Gasteiger partial charge in [-0.15, -0.1) is 0 Å². The number of piperidine rings is 1. The molecular weight excluding hydrogens is 160 g/mol. The van der Waals surface area contributed by atoms with Gasteiger partial charge < -0.3 is 5.32 Å². The molecule has 0 aliphatic carbocycles. The fourth-order valence-corrected chi connectivity index (χ4v) is 2.65. The predicted molar refractivity (Wildman–Crippen MR) is 55.8 cm³/mol. The van der Waals surface area contributed by atoms with Gasteiger partial charge in [0.25, 0.3) is 0 Å². The molecule has 0 aromatic heterocycles. The smallest absolute Gasteiger partial charge is 0.0235 e. The van der Waals surface area contributed by atoms with E-state index in [1.54, 1.807) is 0 Å². The van der Waals surface area contributed by atoms with Crippen LogP contribution in [0.4, 0.5) is 0 Å². The summed E-state index contributed by atoms with van der Waals surface area (Å²) in [5, 5.41) is 3.61. The lowest BCUT2D eigenvalue weighted by molar-refractivity contribution is 0.334. The van der Waals surface area contributed by atoms with Crippen LogP contribution in [0.1, 0.15) is 19.8 Å². The van der Waals surface area contributed by atoms with Crippen molar-refractivity contribution in [2.75, 3.05) is 26.2 Å². The number of fused-ring (bicyclic) bond motifs is 1. The summed E-state index contributed by atoms with van der Waals surface area (Å²) in [6.45, 7) is 10.9. The molecule has 2 aliphatic heterocycles. The summed E-state index contributed by atoms with van der Waals surface area (Å²) in [7, 11) is 0. The minimum Gasteiger partial charge on any atom is -0.312 e. The van der Waals surface area contributed by atoms with E-state index in [0.717, 1.165) is 18.5 Å². The molecule has 2 saturated heterocycles. The molecule has 2 fully saturated rings. The van der Waals surface area contributed by atoms with Gasteiger partial charge in [-0.2, -0.15) is 0 Å². The molecule has 2 rings (SSSR count). The predicted octanol–water partition coefficient (Wildman–Crippen LogP) is 1.25. The van der Waals surface area contributed by atoms with Gasteiger partial charge in [0.2, 0.25) is 0 Å². The Morgan fingerprint density at radius 2 is 2.38 bits per heavy atom. The van der Waals surface area contributed by atoms with Gasteiger partial charge in [0, 0.05) is 25.7 Å². The number of likely N-dealkylation sites (tertiary alicyclic amines) is 1. The third-order valence-electron chi connectivity index (χ3n) is 3.17. The molecule has 74 valence electrons. The molecule has 0 radical (unpaired) electrons. The number of nitrogens with one attached hydrogen (secondary N) is 1. The second-order valence-corrected chi connectivity index (χ2v) is 4.61. The molecule has 2 aliphatic rings. The van der Waals surface area contributed by atoms with Crippen molar-refractivity contribution in [3.05, 3.63) is 12.2 Å². The zero-order valence-electron chi connectivity index (χ0n) is 8.55. The van der Waals surface area contributed by atoms with E-state index < -0.39 is 0 Å². The minimum atomic E-state index is 0.771. The van der Waals surface area contributed by atoms with E-state index in [1.807, 2.05) is 0 Å². The van der Waals surface area contributed by atoms with Crippen molar-refractivity contribution in [1.82, 2.24) is 10.2 Å². The molecule has 0 amide bonds. The first-order chi connectivity index (χ1) is 6.25. The zero-order chi connectivity index (χ0) is 9.26. The van der Waals surface area contributed by atoms with E-state index in [-0.39, 0.29) is 0 Å². The van der Waals surface area contributed by atoms with Gasteiger partial charge in [-0.25, -0.2) is 0 Å². The Labute approximate surface area is 81.0 Å². The summed E-state index contributed by atoms with van der Waals surface area (Å²) in [6.07, 6.45) is 2.78. The summed E-state index contributed by atoms with van der Waals surface area (Å²) < 4.78 is 0. The van der Waals surface area contributed by atoms with Crippen LogP contribution in [-0.4, -0.2) is 37.1 Å². The van der Waals surface area contributed by atoms with E-state index in [9.17, 15) is 0 Å². The fraction of sp³-hybridized carbons (Fsp3) is 0.818. The zero-order valence-corrected chi connectivity index (χ0v) is 8.55. The van der Waals surface area contributed by atoms with Crippen LogP contribution in [-0.2, 0) is 0 Å². The first-order valence-electron chi connectivity index (χ1n) is 5.36. The maximum atomic E-state index is 3.97. The topological polar surface area (TPSA) is 15.3 Å². The lowest BCUT2D eigenvalue weighted by atomic mass is 9.94. The Morgan fingerprint density at radius 3 is 3.08 bits per heavy atom. The SMILES string of the molecule is C=C(C)CN1C[C@@H]2CCCN[C@@H]2C1. The summed E-state index contributed by atoms with van der Waals surface area (Å²) in [4.78, 5) is 2.54. The van der Waals surface area contributed by atoms with Crippen LogP contribution in [0.3, 0.4) is 0 Å². The summed E-state index contributed by atoms with van der Waals surface area (Å²) in [5.41, 5.74) is 1.29. The standard InChI is InChI=1S/C11H20N2/c1-9(2)6-13-7-10-4-3-5-12-11(10)8-13/h10-12H,1,3-8H2,2H3/t10-,11+/m0/s1. The number of rotatable bonds is 2. The van der Waals surface area contributed by atoms with E-state index in [1.165, 1.54) is 38.0 Å². The van der Waals surface area contributed by atoms with Crippen LogP contribution in [0.5, 0.6) is 0 Å². The molecule has 0 spiro atoms. The monoisotopic (exact) mass is 180 g/mol. The van der Waals surface area contributed by atoms with Crippen LogP contribution < -0.4 is 5.32 Å². The number of hydrogen-bond donors (Lipinski definition) is 1. The molecule has 0 bridgehead atoms. The molecule has 2 heterocycles. The van der Waals surface area contributed by atoms with Crippen molar-refractivity contribution in [2.45, 2.75) is 25.8 Å². The van der Waals surface area contributed by atoms with Gasteiger partial charge in [0.1, 0.15) is 0 Å². The van der Waals surface area contributed by atoms with E-state index in [0.29, 0.717) is 0 Å². The molecule has 0 unspecified atom stereocenters. The van der Waals surface area contributed by atoms with Gasteiger partial charge in [0.15, 0.2) is 0 Å². The van der Waals surface area contributed by atoms with Crippen LogP contribution in [0.2, 0.25) is 0 Å². The van der Waals surface area contributed by atoms with Crippen molar-refractivity contribution in [2.24, 2.45) is 5.92 Å². The van der Waals surface area contributed by atoms with E-state index in [2.05, 4.69) is 23.7 Å². The quantitative estimate of drug-likeness (QED) is 0.643. The maximum absolute atomic E-state index is 3.97. The van der Waals surface area contributed by atoms with Crippen LogP contribution in [0.15, 0.2) is 12.2 Å². The highest BCUT2D eigenvalue weighted by Gasteiger charge is 2.33. The van der Waals surface area contributed by atoms with Crippen molar-refractivity contribution in [3.63, 3.8) is 0 Å². The van der Waals surface area contributed by atoms with Gasteiger partial charge in [-0.1, -0.05) is 12.2 Å². The average molecular weight is 180 g/mol. The molecule has 2 nitrogen and oxygen atoms in total. The Balaban J connectivity index is 1.87. The minimum absolute atomic E-state index is 0.771. The third-order valence-corrected chi connectivity index (χ3v) is 3.17. The lowest BCUT2D eigenvalue weighted by Crippen LogP contribution is -2.40. The highest BCUT2D eigenvalue weighted by molar-refractivity contribution is 4.98. The Morgan fingerprint density at radius 1 is 1.54 bits per heavy atom. The highest BCUT2D eigenvalue weighted by atomic mass is 15.2. The van der Waals surface area contributed by atoms with Crippen LogP contribution >= 0.6 is 0 Å².